The fourth-order valence-corrected chi connectivity index (χ4v) is 4.32. The lowest BCUT2D eigenvalue weighted by atomic mass is 10.2. The Morgan fingerprint density at radius 3 is 2.51 bits per heavy atom. The molecule has 1 N–H and O–H groups in total. The van der Waals surface area contributed by atoms with Gasteiger partial charge in [0.1, 0.15) is 0 Å². The van der Waals surface area contributed by atoms with E-state index in [2.05, 4.69) is 36.7 Å². The Labute approximate surface area is 215 Å². The molecule has 3 aromatic carbocycles. The third-order valence-corrected chi connectivity index (χ3v) is 6.37. The van der Waals surface area contributed by atoms with Gasteiger partial charge in [-0.05, 0) is 36.4 Å². The van der Waals surface area contributed by atoms with Gasteiger partial charge in [0.05, 0.1) is 26.2 Å². The van der Waals surface area contributed by atoms with E-state index in [9.17, 15) is 4.79 Å². The molecule has 4 aromatic rings. The molecule has 0 radical (unpaired) electrons. The van der Waals surface area contributed by atoms with Crippen LogP contribution in [0.3, 0.4) is 0 Å². The summed E-state index contributed by atoms with van der Waals surface area (Å²) < 4.78 is 13.6. The van der Waals surface area contributed by atoms with Crippen LogP contribution in [0.4, 0.5) is 0 Å². The quantitative estimate of drug-likeness (QED) is 0.180. The molecule has 1 amide bonds. The fourth-order valence-electron chi connectivity index (χ4n) is 3.31. The number of carbonyl (C=O) groups is 1. The van der Waals surface area contributed by atoms with Crippen molar-refractivity contribution in [2.24, 2.45) is 5.10 Å². The minimum atomic E-state index is -0.278. The summed E-state index contributed by atoms with van der Waals surface area (Å²) in [6.07, 6.45) is 1.52. The predicted molar refractivity (Wildman–Crippen MR) is 141 cm³/mol. The predicted octanol–water partition coefficient (Wildman–Crippen LogP) is 4.96. The molecule has 35 heavy (non-hydrogen) atoms. The van der Waals surface area contributed by atoms with Crippen LogP contribution in [0.5, 0.6) is 11.5 Å². The molecule has 0 bridgehead atoms. The van der Waals surface area contributed by atoms with Crippen molar-refractivity contribution in [2.45, 2.75) is 5.16 Å². The van der Waals surface area contributed by atoms with Crippen molar-refractivity contribution in [1.82, 2.24) is 20.2 Å². The number of hydrogen-bond acceptors (Lipinski definition) is 7. The summed E-state index contributed by atoms with van der Waals surface area (Å²) in [5.41, 5.74) is 5.05. The second-order valence-electron chi connectivity index (χ2n) is 7.15. The number of nitrogens with zero attached hydrogens (tertiary/aromatic N) is 4. The minimum Gasteiger partial charge on any atom is -0.493 e. The second-order valence-corrected chi connectivity index (χ2v) is 9.01. The Bertz CT molecular complexity index is 1330. The van der Waals surface area contributed by atoms with E-state index < -0.39 is 0 Å². The molecule has 0 aliphatic rings. The molecule has 0 atom stereocenters. The smallest absolute Gasteiger partial charge is 0.250 e. The van der Waals surface area contributed by atoms with Crippen LogP contribution in [-0.2, 0) is 4.79 Å². The maximum atomic E-state index is 12.5. The van der Waals surface area contributed by atoms with Crippen LogP contribution < -0.4 is 14.9 Å². The largest absolute Gasteiger partial charge is 0.493 e. The first-order chi connectivity index (χ1) is 17.1. The van der Waals surface area contributed by atoms with Gasteiger partial charge in [-0.2, -0.15) is 5.10 Å². The number of hydrazone groups is 1. The third-order valence-electron chi connectivity index (χ3n) is 4.91. The van der Waals surface area contributed by atoms with E-state index in [0.717, 1.165) is 15.7 Å². The lowest BCUT2D eigenvalue weighted by molar-refractivity contribution is -0.118. The zero-order chi connectivity index (χ0) is 24.6. The molecule has 0 unspecified atom stereocenters. The number of thioether (sulfide) groups is 1. The Balaban J connectivity index is 1.49. The molecule has 1 aromatic heterocycles. The fraction of sp³-hybridized carbons (Fsp3) is 0.120. The van der Waals surface area contributed by atoms with Gasteiger partial charge in [0.25, 0.3) is 5.91 Å². The van der Waals surface area contributed by atoms with Crippen LogP contribution in [-0.4, -0.2) is 46.9 Å². The number of rotatable bonds is 9. The van der Waals surface area contributed by atoms with E-state index in [0.29, 0.717) is 28.0 Å². The minimum absolute atomic E-state index is 0.107. The van der Waals surface area contributed by atoms with Crippen molar-refractivity contribution in [3.8, 4) is 28.6 Å². The molecule has 1 heterocycles. The second kappa shape index (κ2) is 11.7. The highest BCUT2D eigenvalue weighted by Crippen LogP contribution is 2.30. The van der Waals surface area contributed by atoms with E-state index in [1.54, 1.807) is 20.3 Å². The molecule has 10 heteroatoms. The number of nitrogens with one attached hydrogen (secondary N) is 1. The van der Waals surface area contributed by atoms with Crippen LogP contribution in [0, 0.1) is 0 Å². The van der Waals surface area contributed by atoms with Gasteiger partial charge in [-0.3, -0.25) is 9.36 Å². The van der Waals surface area contributed by atoms with E-state index in [-0.39, 0.29) is 11.7 Å². The van der Waals surface area contributed by atoms with E-state index in [1.165, 1.54) is 18.0 Å². The maximum Gasteiger partial charge on any atom is 0.250 e. The first-order valence-electron chi connectivity index (χ1n) is 10.5. The van der Waals surface area contributed by atoms with Crippen molar-refractivity contribution in [3.63, 3.8) is 0 Å². The van der Waals surface area contributed by atoms with E-state index in [1.807, 2.05) is 71.3 Å². The van der Waals surface area contributed by atoms with Crippen LogP contribution in [0.1, 0.15) is 5.56 Å². The van der Waals surface area contributed by atoms with Gasteiger partial charge in [0, 0.05) is 21.3 Å². The Kier molecular flexibility index (Phi) is 8.17. The molecule has 8 nitrogen and oxygen atoms in total. The summed E-state index contributed by atoms with van der Waals surface area (Å²) in [5.74, 6) is 1.65. The van der Waals surface area contributed by atoms with E-state index >= 15 is 0 Å². The first kappa shape index (κ1) is 24.5. The molecule has 0 aliphatic carbocycles. The van der Waals surface area contributed by atoms with Crippen molar-refractivity contribution in [1.29, 1.82) is 0 Å². The summed E-state index contributed by atoms with van der Waals surface area (Å²) in [6.45, 7) is 0. The summed E-state index contributed by atoms with van der Waals surface area (Å²) in [5, 5.41) is 13.4. The number of aromatic nitrogens is 3. The monoisotopic (exact) mass is 551 g/mol. The van der Waals surface area contributed by atoms with Gasteiger partial charge in [0.15, 0.2) is 22.5 Å². The van der Waals surface area contributed by atoms with Crippen molar-refractivity contribution in [2.75, 3.05) is 20.0 Å². The molecule has 0 fully saturated rings. The highest BCUT2D eigenvalue weighted by Gasteiger charge is 2.17. The molecule has 0 saturated heterocycles. The van der Waals surface area contributed by atoms with Gasteiger partial charge in [-0.15, -0.1) is 10.2 Å². The lowest BCUT2D eigenvalue weighted by Gasteiger charge is -2.10. The number of carbonyl (C=O) groups excluding carboxylic acids is 1. The van der Waals surface area contributed by atoms with Crippen molar-refractivity contribution >= 4 is 39.8 Å². The molecular weight excluding hydrogens is 530 g/mol. The summed E-state index contributed by atoms with van der Waals surface area (Å²) >= 11 is 4.75. The number of halogens is 1. The first-order valence-corrected chi connectivity index (χ1v) is 12.3. The van der Waals surface area contributed by atoms with Crippen LogP contribution in [0.2, 0.25) is 0 Å². The third kappa shape index (κ3) is 5.90. The van der Waals surface area contributed by atoms with Gasteiger partial charge in [-0.1, -0.05) is 64.1 Å². The maximum absolute atomic E-state index is 12.5. The topological polar surface area (TPSA) is 90.6 Å². The average Bonchev–Trinajstić information content (AvgIpc) is 3.32. The number of benzene rings is 3. The van der Waals surface area contributed by atoms with Gasteiger partial charge < -0.3 is 9.47 Å². The number of ether oxygens (including phenoxy) is 2. The summed E-state index contributed by atoms with van der Waals surface area (Å²) in [6, 6.07) is 23.1. The average molecular weight is 552 g/mol. The number of amides is 1. The molecule has 178 valence electrons. The van der Waals surface area contributed by atoms with Crippen molar-refractivity contribution < 1.29 is 14.3 Å². The lowest BCUT2D eigenvalue weighted by Crippen LogP contribution is -2.20. The zero-order valence-electron chi connectivity index (χ0n) is 19.0. The highest BCUT2D eigenvalue weighted by molar-refractivity contribution is 9.10. The SMILES string of the molecule is COc1cccc(/C=N/NC(=O)CSc2nnc(-c3ccccc3)n2-c2ccc(Br)cc2)c1OC. The van der Waals surface area contributed by atoms with Gasteiger partial charge in [-0.25, -0.2) is 5.43 Å². The van der Waals surface area contributed by atoms with Crippen LogP contribution in [0.15, 0.2) is 87.5 Å². The molecule has 0 saturated carbocycles. The van der Waals surface area contributed by atoms with Crippen LogP contribution in [0.25, 0.3) is 17.1 Å². The molecule has 0 aliphatic heterocycles. The zero-order valence-corrected chi connectivity index (χ0v) is 21.4. The Hall–Kier alpha value is -3.63. The van der Waals surface area contributed by atoms with Crippen molar-refractivity contribution in [3.05, 3.63) is 82.8 Å². The highest BCUT2D eigenvalue weighted by atomic mass is 79.9. The normalized spacial score (nSPS) is 10.9. The number of hydrogen-bond donors (Lipinski definition) is 1. The van der Waals surface area contributed by atoms with Crippen LogP contribution >= 0.6 is 27.7 Å². The number of methoxy groups -OCH3 is 2. The summed E-state index contributed by atoms with van der Waals surface area (Å²) in [7, 11) is 3.11. The van der Waals surface area contributed by atoms with Gasteiger partial charge in [0.2, 0.25) is 0 Å². The molecule has 0 spiro atoms. The molecule has 4 rings (SSSR count). The summed E-state index contributed by atoms with van der Waals surface area (Å²) in [4.78, 5) is 12.5. The Morgan fingerprint density at radius 1 is 1.03 bits per heavy atom. The number of para-hydroxylation sites is 1. The Morgan fingerprint density at radius 2 is 1.80 bits per heavy atom. The van der Waals surface area contributed by atoms with Gasteiger partial charge >= 0.3 is 0 Å². The standard InChI is InChI=1S/C25H22BrN5O3S/c1-33-21-10-6-9-18(23(21)34-2)15-27-28-22(32)16-35-25-30-29-24(17-7-4-3-5-8-17)31(25)20-13-11-19(26)12-14-20/h3-15H,16H2,1-2H3,(H,28,32)/b27-15+. The van der Waals surface area contributed by atoms with E-state index in [4.69, 9.17) is 9.47 Å². The molecular formula is C25H22BrN5O3S.